The van der Waals surface area contributed by atoms with Crippen LogP contribution in [0.2, 0.25) is 0 Å². The summed E-state index contributed by atoms with van der Waals surface area (Å²) in [6.45, 7) is 3.33. The Morgan fingerprint density at radius 1 is 1.67 bits per heavy atom. The number of hydrogen-bond acceptors (Lipinski definition) is 4. The molecule has 1 heterocycles. The van der Waals surface area contributed by atoms with Gasteiger partial charge in [-0.05, 0) is 31.7 Å². The van der Waals surface area contributed by atoms with Crippen LogP contribution in [0.25, 0.3) is 0 Å². The summed E-state index contributed by atoms with van der Waals surface area (Å²) in [5.41, 5.74) is 0. The second-order valence-electron chi connectivity index (χ2n) is 4.00. The number of aromatic nitrogens is 3. The molecule has 4 nitrogen and oxygen atoms in total. The number of aromatic amines is 1. The fraction of sp³-hybridized carbons (Fsp3) is 0.800. The molecular formula is C10H18N4S. The van der Waals surface area contributed by atoms with Crippen LogP contribution in [0.3, 0.4) is 0 Å². The number of hydrogen-bond donors (Lipinski definition) is 2. The Hall–Kier alpha value is -0.550. The Balaban J connectivity index is 1.74. The van der Waals surface area contributed by atoms with Gasteiger partial charge in [0.05, 0.1) is 0 Å². The minimum atomic E-state index is 0.653. The highest BCUT2D eigenvalue weighted by Crippen LogP contribution is 2.34. The second-order valence-corrected chi connectivity index (χ2v) is 5.01. The van der Waals surface area contributed by atoms with E-state index in [0.29, 0.717) is 6.04 Å². The van der Waals surface area contributed by atoms with Crippen molar-refractivity contribution in [2.45, 2.75) is 37.4 Å². The molecule has 1 saturated carbocycles. The highest BCUT2D eigenvalue weighted by Gasteiger charge is 2.30. The molecule has 0 amide bonds. The van der Waals surface area contributed by atoms with Crippen LogP contribution in [0.4, 0.5) is 0 Å². The fourth-order valence-corrected chi connectivity index (χ4v) is 2.59. The van der Waals surface area contributed by atoms with E-state index in [0.717, 1.165) is 23.4 Å². The van der Waals surface area contributed by atoms with Gasteiger partial charge in [-0.15, -0.1) is 0 Å². The first kappa shape index (κ1) is 11.0. The van der Waals surface area contributed by atoms with Crippen LogP contribution in [-0.4, -0.2) is 33.5 Å². The molecule has 1 aromatic rings. The summed E-state index contributed by atoms with van der Waals surface area (Å²) in [4.78, 5) is 4.12. The van der Waals surface area contributed by atoms with Gasteiger partial charge in [-0.1, -0.05) is 18.7 Å². The van der Waals surface area contributed by atoms with Gasteiger partial charge in [0.15, 0.2) is 5.16 Å². The van der Waals surface area contributed by atoms with Crippen LogP contribution < -0.4 is 5.32 Å². The number of nitrogens with one attached hydrogen (secondary N) is 2. The molecule has 15 heavy (non-hydrogen) atoms. The van der Waals surface area contributed by atoms with Crippen molar-refractivity contribution in [2.24, 2.45) is 5.92 Å². The molecule has 1 unspecified atom stereocenters. The average molecular weight is 226 g/mol. The summed E-state index contributed by atoms with van der Waals surface area (Å²) in [6.07, 6.45) is 5.54. The average Bonchev–Trinajstić information content (AvgIpc) is 2.95. The van der Waals surface area contributed by atoms with Crippen molar-refractivity contribution >= 4 is 11.8 Å². The molecule has 0 aliphatic heterocycles. The Morgan fingerprint density at radius 2 is 2.53 bits per heavy atom. The van der Waals surface area contributed by atoms with Crippen LogP contribution in [0.1, 0.15) is 26.2 Å². The normalized spacial score (nSPS) is 17.9. The minimum absolute atomic E-state index is 0.653. The maximum atomic E-state index is 4.12. The van der Waals surface area contributed by atoms with Crippen molar-refractivity contribution in [1.82, 2.24) is 20.5 Å². The number of nitrogens with zero attached hydrogens (tertiary/aromatic N) is 2. The van der Waals surface area contributed by atoms with Gasteiger partial charge >= 0.3 is 0 Å². The number of thioether (sulfide) groups is 1. The Morgan fingerprint density at radius 3 is 3.13 bits per heavy atom. The summed E-state index contributed by atoms with van der Waals surface area (Å²) in [5, 5.41) is 11.3. The SMILES string of the molecule is CCCNC(CSc1ncn[nH]1)C1CC1. The lowest BCUT2D eigenvalue weighted by molar-refractivity contribution is 0.503. The van der Waals surface area contributed by atoms with Gasteiger partial charge in [-0.25, -0.2) is 4.98 Å². The molecule has 0 radical (unpaired) electrons. The smallest absolute Gasteiger partial charge is 0.183 e. The first-order valence-corrected chi connectivity index (χ1v) is 6.60. The predicted molar refractivity (Wildman–Crippen MR) is 61.9 cm³/mol. The van der Waals surface area contributed by atoms with E-state index in [1.165, 1.54) is 19.3 Å². The third kappa shape index (κ3) is 3.50. The molecule has 0 spiro atoms. The highest BCUT2D eigenvalue weighted by molar-refractivity contribution is 7.99. The van der Waals surface area contributed by atoms with Crippen molar-refractivity contribution < 1.29 is 0 Å². The van der Waals surface area contributed by atoms with Gasteiger partial charge in [0.2, 0.25) is 0 Å². The lowest BCUT2D eigenvalue weighted by atomic mass is 10.2. The van der Waals surface area contributed by atoms with E-state index in [1.54, 1.807) is 18.1 Å². The van der Waals surface area contributed by atoms with Gasteiger partial charge in [-0.2, -0.15) is 5.10 Å². The van der Waals surface area contributed by atoms with Gasteiger partial charge in [-0.3, -0.25) is 5.10 Å². The van der Waals surface area contributed by atoms with Crippen molar-refractivity contribution in [3.8, 4) is 0 Å². The Kier molecular flexibility index (Phi) is 4.02. The molecule has 1 fully saturated rings. The van der Waals surface area contributed by atoms with E-state index < -0.39 is 0 Å². The van der Waals surface area contributed by atoms with Crippen molar-refractivity contribution in [3.63, 3.8) is 0 Å². The minimum Gasteiger partial charge on any atom is -0.313 e. The monoisotopic (exact) mass is 226 g/mol. The van der Waals surface area contributed by atoms with E-state index in [1.807, 2.05) is 0 Å². The zero-order chi connectivity index (χ0) is 10.5. The zero-order valence-corrected chi connectivity index (χ0v) is 9.89. The first-order chi connectivity index (χ1) is 7.40. The maximum absolute atomic E-state index is 4.12. The molecule has 0 bridgehead atoms. The van der Waals surface area contributed by atoms with E-state index in [4.69, 9.17) is 0 Å². The molecule has 84 valence electrons. The summed E-state index contributed by atoms with van der Waals surface area (Å²) in [5.74, 6) is 1.99. The molecule has 1 aromatic heterocycles. The molecule has 1 aliphatic rings. The van der Waals surface area contributed by atoms with E-state index in [-0.39, 0.29) is 0 Å². The fourth-order valence-electron chi connectivity index (χ4n) is 1.62. The summed E-state index contributed by atoms with van der Waals surface area (Å²) in [6, 6.07) is 0.653. The molecule has 5 heteroatoms. The highest BCUT2D eigenvalue weighted by atomic mass is 32.2. The topological polar surface area (TPSA) is 53.6 Å². The zero-order valence-electron chi connectivity index (χ0n) is 9.07. The lowest BCUT2D eigenvalue weighted by Crippen LogP contribution is -2.33. The molecule has 2 N–H and O–H groups in total. The van der Waals surface area contributed by atoms with E-state index in [9.17, 15) is 0 Å². The van der Waals surface area contributed by atoms with Crippen LogP contribution in [-0.2, 0) is 0 Å². The van der Waals surface area contributed by atoms with Crippen LogP contribution in [0.5, 0.6) is 0 Å². The Labute approximate surface area is 94.6 Å². The predicted octanol–water partition coefficient (Wildman–Crippen LogP) is 1.67. The maximum Gasteiger partial charge on any atom is 0.183 e. The molecular weight excluding hydrogens is 208 g/mol. The lowest BCUT2D eigenvalue weighted by Gasteiger charge is -2.16. The van der Waals surface area contributed by atoms with Crippen molar-refractivity contribution in [2.75, 3.05) is 12.3 Å². The second kappa shape index (κ2) is 5.51. The Bertz CT molecular complexity index is 271. The third-order valence-corrected chi connectivity index (χ3v) is 3.64. The molecule has 0 saturated heterocycles. The summed E-state index contributed by atoms with van der Waals surface area (Å²) in [7, 11) is 0. The summed E-state index contributed by atoms with van der Waals surface area (Å²) >= 11 is 1.76. The van der Waals surface area contributed by atoms with Gasteiger partial charge in [0, 0.05) is 11.8 Å². The van der Waals surface area contributed by atoms with E-state index in [2.05, 4.69) is 27.4 Å². The first-order valence-electron chi connectivity index (χ1n) is 5.61. The number of rotatable bonds is 7. The number of H-pyrrole nitrogens is 1. The quantitative estimate of drug-likeness (QED) is 0.695. The third-order valence-electron chi connectivity index (χ3n) is 2.64. The van der Waals surface area contributed by atoms with Gasteiger partial charge in [0.1, 0.15) is 6.33 Å². The molecule has 1 aliphatic carbocycles. The largest absolute Gasteiger partial charge is 0.313 e. The molecule has 1 atom stereocenters. The molecule has 0 aromatic carbocycles. The van der Waals surface area contributed by atoms with Crippen LogP contribution >= 0.6 is 11.8 Å². The van der Waals surface area contributed by atoms with Crippen molar-refractivity contribution in [3.05, 3.63) is 6.33 Å². The van der Waals surface area contributed by atoms with Crippen LogP contribution in [0, 0.1) is 5.92 Å². The van der Waals surface area contributed by atoms with E-state index >= 15 is 0 Å². The molecule has 2 rings (SSSR count). The van der Waals surface area contributed by atoms with Gasteiger partial charge in [0.25, 0.3) is 0 Å². The summed E-state index contributed by atoms with van der Waals surface area (Å²) < 4.78 is 0. The van der Waals surface area contributed by atoms with Crippen molar-refractivity contribution in [1.29, 1.82) is 0 Å². The van der Waals surface area contributed by atoms with Crippen LogP contribution in [0.15, 0.2) is 11.5 Å². The van der Waals surface area contributed by atoms with Gasteiger partial charge < -0.3 is 5.32 Å². The standard InChI is InChI=1S/C10H18N4S/c1-2-5-11-9(8-3-4-8)6-15-10-12-7-13-14-10/h7-9,11H,2-6H2,1H3,(H,12,13,14).